The molecule has 0 radical (unpaired) electrons. The Morgan fingerprint density at radius 1 is 1.50 bits per heavy atom. The lowest BCUT2D eigenvalue weighted by Gasteiger charge is -2.29. The quantitative estimate of drug-likeness (QED) is 0.458. The molecule has 2 aliphatic rings. The summed E-state index contributed by atoms with van der Waals surface area (Å²) < 4.78 is 0. The van der Waals surface area contributed by atoms with Crippen LogP contribution < -0.4 is 0 Å². The molecular weight excluding hydrogens is 148 g/mol. The number of hydrogen-bond acceptors (Lipinski definition) is 1. The fourth-order valence-electron chi connectivity index (χ4n) is 2.53. The van der Waals surface area contributed by atoms with E-state index in [2.05, 4.69) is 18.1 Å². The molecule has 0 amide bonds. The maximum absolute atomic E-state index is 9.88. The Morgan fingerprint density at radius 3 is 2.67 bits per heavy atom. The zero-order valence-corrected chi connectivity index (χ0v) is 7.33. The van der Waals surface area contributed by atoms with Crippen molar-refractivity contribution in [2.24, 2.45) is 17.8 Å². The summed E-state index contributed by atoms with van der Waals surface area (Å²) in [5, 5.41) is 9.88. The van der Waals surface area contributed by atoms with E-state index in [1.807, 2.05) is 0 Å². The van der Waals surface area contributed by atoms with Crippen LogP contribution in [0.4, 0.5) is 0 Å². The van der Waals surface area contributed by atoms with Gasteiger partial charge in [-0.2, -0.15) is 0 Å². The molecule has 64 valence electrons. The first kappa shape index (κ1) is 7.89. The van der Waals surface area contributed by atoms with Gasteiger partial charge in [0.1, 0.15) is 5.60 Å². The zero-order chi connectivity index (χ0) is 8.77. The summed E-state index contributed by atoms with van der Waals surface area (Å²) in [6.45, 7) is 1.76. The van der Waals surface area contributed by atoms with E-state index in [4.69, 9.17) is 6.42 Å². The van der Waals surface area contributed by atoms with Gasteiger partial charge in [0.15, 0.2) is 0 Å². The van der Waals surface area contributed by atoms with Gasteiger partial charge in [-0.05, 0) is 31.6 Å². The zero-order valence-electron chi connectivity index (χ0n) is 7.33. The summed E-state index contributed by atoms with van der Waals surface area (Å²) in [5.41, 5.74) is -0.899. The molecule has 1 heteroatoms. The number of terminal acetylenes is 1. The maximum atomic E-state index is 9.88. The monoisotopic (exact) mass is 162 g/mol. The first-order valence-corrected chi connectivity index (χ1v) is 4.52. The fourth-order valence-corrected chi connectivity index (χ4v) is 2.53. The summed E-state index contributed by atoms with van der Waals surface area (Å²) in [6.07, 6.45) is 12.0. The van der Waals surface area contributed by atoms with Gasteiger partial charge in [-0.1, -0.05) is 18.1 Å². The van der Waals surface area contributed by atoms with Gasteiger partial charge in [0.05, 0.1) is 0 Å². The van der Waals surface area contributed by atoms with E-state index in [0.717, 1.165) is 6.42 Å². The van der Waals surface area contributed by atoms with Crippen LogP contribution in [0.1, 0.15) is 19.8 Å². The third kappa shape index (κ3) is 0.990. The van der Waals surface area contributed by atoms with Crippen molar-refractivity contribution in [2.75, 3.05) is 0 Å². The molecule has 4 atom stereocenters. The molecule has 0 aromatic carbocycles. The highest BCUT2D eigenvalue weighted by Gasteiger charge is 2.44. The number of rotatable bonds is 1. The van der Waals surface area contributed by atoms with Crippen molar-refractivity contribution in [2.45, 2.75) is 25.4 Å². The lowest BCUT2D eigenvalue weighted by atomic mass is 9.80. The Labute approximate surface area is 73.5 Å². The normalized spacial score (nSPS) is 42.6. The molecule has 0 saturated heterocycles. The predicted molar refractivity (Wildman–Crippen MR) is 48.3 cm³/mol. The van der Waals surface area contributed by atoms with Gasteiger partial charge >= 0.3 is 0 Å². The minimum absolute atomic E-state index is 0.289. The molecule has 2 bridgehead atoms. The van der Waals surface area contributed by atoms with Crippen molar-refractivity contribution in [1.82, 2.24) is 0 Å². The van der Waals surface area contributed by atoms with Crippen LogP contribution in [0.25, 0.3) is 0 Å². The van der Waals surface area contributed by atoms with E-state index < -0.39 is 5.60 Å². The van der Waals surface area contributed by atoms with Gasteiger partial charge < -0.3 is 5.11 Å². The van der Waals surface area contributed by atoms with Crippen LogP contribution in [0.5, 0.6) is 0 Å². The second-order valence-electron chi connectivity index (χ2n) is 4.18. The van der Waals surface area contributed by atoms with Crippen molar-refractivity contribution in [3.63, 3.8) is 0 Å². The Hall–Kier alpha value is -0.740. The second-order valence-corrected chi connectivity index (χ2v) is 4.18. The molecule has 12 heavy (non-hydrogen) atoms. The van der Waals surface area contributed by atoms with Gasteiger partial charge in [-0.15, -0.1) is 6.42 Å². The van der Waals surface area contributed by atoms with Crippen molar-refractivity contribution in [3.8, 4) is 12.3 Å². The first-order valence-electron chi connectivity index (χ1n) is 4.52. The summed E-state index contributed by atoms with van der Waals surface area (Å²) in [6, 6.07) is 0. The second kappa shape index (κ2) is 2.37. The van der Waals surface area contributed by atoms with Crippen LogP contribution in [0.15, 0.2) is 12.2 Å². The average Bonchev–Trinajstić information content (AvgIpc) is 2.64. The third-order valence-electron chi connectivity index (χ3n) is 3.29. The molecule has 0 spiro atoms. The molecule has 2 rings (SSSR count). The van der Waals surface area contributed by atoms with E-state index >= 15 is 0 Å². The van der Waals surface area contributed by atoms with Crippen LogP contribution in [0, 0.1) is 30.1 Å². The van der Waals surface area contributed by atoms with E-state index in [9.17, 15) is 5.11 Å². The maximum Gasteiger partial charge on any atom is 0.125 e. The van der Waals surface area contributed by atoms with Crippen molar-refractivity contribution >= 4 is 0 Å². The molecule has 1 nitrogen and oxygen atoms in total. The molecule has 0 unspecified atom stereocenters. The van der Waals surface area contributed by atoms with Gasteiger partial charge in [0.25, 0.3) is 0 Å². The van der Waals surface area contributed by atoms with Crippen molar-refractivity contribution < 1.29 is 5.11 Å². The lowest BCUT2D eigenvalue weighted by Crippen LogP contribution is -2.35. The highest BCUT2D eigenvalue weighted by atomic mass is 16.3. The van der Waals surface area contributed by atoms with Crippen LogP contribution >= 0.6 is 0 Å². The van der Waals surface area contributed by atoms with Crippen LogP contribution in [-0.2, 0) is 0 Å². The fraction of sp³-hybridized carbons (Fsp3) is 0.636. The predicted octanol–water partition coefficient (Wildman–Crippen LogP) is 1.58. The third-order valence-corrected chi connectivity index (χ3v) is 3.29. The van der Waals surface area contributed by atoms with Gasteiger partial charge in [0, 0.05) is 5.92 Å². The molecular formula is C11H14O. The molecule has 1 N–H and O–H groups in total. The SMILES string of the molecule is C#C[C@@](C)(O)[C@H]1C[C@H]2C=C[C@H]1C2. The van der Waals surface area contributed by atoms with Crippen molar-refractivity contribution in [3.05, 3.63) is 12.2 Å². The average molecular weight is 162 g/mol. The van der Waals surface area contributed by atoms with Crippen LogP contribution in [0.3, 0.4) is 0 Å². The van der Waals surface area contributed by atoms with Crippen LogP contribution in [-0.4, -0.2) is 10.7 Å². The summed E-state index contributed by atoms with van der Waals surface area (Å²) in [7, 11) is 0. The molecule has 0 heterocycles. The summed E-state index contributed by atoms with van der Waals surface area (Å²) in [4.78, 5) is 0. The smallest absolute Gasteiger partial charge is 0.125 e. The number of allylic oxidation sites excluding steroid dienone is 2. The Kier molecular flexibility index (Phi) is 1.56. The molecule has 0 aromatic rings. The lowest BCUT2D eigenvalue weighted by molar-refractivity contribution is 0.0434. The Balaban J connectivity index is 2.19. The van der Waals surface area contributed by atoms with E-state index in [0.29, 0.717) is 11.8 Å². The van der Waals surface area contributed by atoms with Crippen molar-refractivity contribution in [1.29, 1.82) is 0 Å². The van der Waals surface area contributed by atoms with Gasteiger partial charge in [-0.3, -0.25) is 0 Å². The number of fused-ring (bicyclic) bond motifs is 2. The largest absolute Gasteiger partial charge is 0.378 e. The van der Waals surface area contributed by atoms with E-state index in [1.165, 1.54) is 6.42 Å². The molecule has 1 saturated carbocycles. The Bertz CT molecular complexity index is 257. The van der Waals surface area contributed by atoms with Crippen LogP contribution in [0.2, 0.25) is 0 Å². The minimum atomic E-state index is -0.899. The standard InChI is InChI=1S/C11H14O/c1-3-11(2,12)10-7-8-4-5-9(10)6-8/h1,4-5,8-10,12H,6-7H2,2H3/t8-,9-,10-,11+/m0/s1. The number of aliphatic hydroxyl groups is 1. The molecule has 0 aliphatic heterocycles. The first-order chi connectivity index (χ1) is 5.63. The summed E-state index contributed by atoms with van der Waals surface area (Å²) >= 11 is 0. The molecule has 2 aliphatic carbocycles. The van der Waals surface area contributed by atoms with E-state index in [-0.39, 0.29) is 5.92 Å². The number of hydrogen-bond donors (Lipinski definition) is 1. The van der Waals surface area contributed by atoms with Gasteiger partial charge in [-0.25, -0.2) is 0 Å². The van der Waals surface area contributed by atoms with Gasteiger partial charge in [0.2, 0.25) is 0 Å². The summed E-state index contributed by atoms with van der Waals surface area (Å²) in [5.74, 6) is 3.99. The molecule has 1 fully saturated rings. The Morgan fingerprint density at radius 2 is 2.25 bits per heavy atom. The highest BCUT2D eigenvalue weighted by Crippen LogP contribution is 2.47. The van der Waals surface area contributed by atoms with E-state index in [1.54, 1.807) is 6.92 Å². The highest BCUT2D eigenvalue weighted by molar-refractivity contribution is 5.19. The molecule has 0 aromatic heterocycles. The minimum Gasteiger partial charge on any atom is -0.378 e. The topological polar surface area (TPSA) is 20.2 Å².